The normalized spacial score (nSPS) is 10.9. The molecule has 0 N–H and O–H groups in total. The third kappa shape index (κ3) is 4.84. The van der Waals surface area contributed by atoms with Gasteiger partial charge in [0.2, 0.25) is 0 Å². The molecule has 1 amide bonds. The van der Waals surface area contributed by atoms with Crippen LogP contribution in [-0.2, 0) is 0 Å². The standard InChI is InChI=1S/C25H24N6O2/c1-29(2)12-13-33-21-10-6-19(7-11-21)23-15-28-24-16-27-22(17-31(23)24)25(32)30(3)20-8-4-18(14-26)5-9-20/h4-11,15-17H,12-13H2,1-3H3. The third-order valence-corrected chi connectivity index (χ3v) is 5.26. The second-order valence-electron chi connectivity index (χ2n) is 7.84. The molecule has 8 nitrogen and oxygen atoms in total. The Morgan fingerprint density at radius 3 is 2.42 bits per heavy atom. The minimum atomic E-state index is -0.258. The Balaban J connectivity index is 1.57. The number of nitrogens with zero attached hydrogens (tertiary/aromatic N) is 6. The molecule has 0 aliphatic carbocycles. The van der Waals surface area contributed by atoms with Gasteiger partial charge in [0.25, 0.3) is 5.91 Å². The molecular formula is C25H24N6O2. The van der Waals surface area contributed by atoms with E-state index in [4.69, 9.17) is 10.00 Å². The van der Waals surface area contributed by atoms with Crippen molar-refractivity contribution in [2.24, 2.45) is 0 Å². The van der Waals surface area contributed by atoms with Gasteiger partial charge in [-0.3, -0.25) is 9.20 Å². The van der Waals surface area contributed by atoms with Gasteiger partial charge in [-0.1, -0.05) is 0 Å². The zero-order valence-corrected chi connectivity index (χ0v) is 18.8. The number of carbonyl (C=O) groups excluding carboxylic acids is 1. The number of imidazole rings is 1. The highest BCUT2D eigenvalue weighted by Crippen LogP contribution is 2.24. The van der Waals surface area contributed by atoms with Crippen LogP contribution in [0.2, 0.25) is 0 Å². The summed E-state index contributed by atoms with van der Waals surface area (Å²) in [4.78, 5) is 25.3. The summed E-state index contributed by atoms with van der Waals surface area (Å²) in [5.74, 6) is 0.543. The maximum Gasteiger partial charge on any atom is 0.278 e. The van der Waals surface area contributed by atoms with Crippen LogP contribution in [0.15, 0.2) is 67.1 Å². The average Bonchev–Trinajstić information content (AvgIpc) is 3.26. The highest BCUT2D eigenvalue weighted by molar-refractivity contribution is 6.04. The van der Waals surface area contributed by atoms with E-state index < -0.39 is 0 Å². The predicted octanol–water partition coefficient (Wildman–Crippen LogP) is 3.48. The Labute approximate surface area is 192 Å². The molecule has 2 aromatic carbocycles. The smallest absolute Gasteiger partial charge is 0.278 e. The molecule has 2 heterocycles. The van der Waals surface area contributed by atoms with E-state index in [9.17, 15) is 4.79 Å². The minimum absolute atomic E-state index is 0.258. The number of likely N-dealkylation sites (N-methyl/N-ethyl adjacent to an activating group) is 1. The number of ether oxygens (including phenoxy) is 1. The van der Waals surface area contributed by atoms with Crippen LogP contribution in [-0.4, -0.2) is 59.5 Å². The van der Waals surface area contributed by atoms with Gasteiger partial charge in [0, 0.05) is 31.0 Å². The summed E-state index contributed by atoms with van der Waals surface area (Å²) in [5.41, 5.74) is 3.95. The Morgan fingerprint density at radius 2 is 1.76 bits per heavy atom. The van der Waals surface area contributed by atoms with E-state index >= 15 is 0 Å². The van der Waals surface area contributed by atoms with Crippen LogP contribution in [0.4, 0.5) is 5.69 Å². The summed E-state index contributed by atoms with van der Waals surface area (Å²) in [5, 5.41) is 8.97. The number of nitriles is 1. The number of anilines is 1. The number of rotatable bonds is 7. The fraction of sp³-hybridized carbons (Fsp3) is 0.200. The first-order chi connectivity index (χ1) is 16.0. The Morgan fingerprint density at radius 1 is 1.03 bits per heavy atom. The third-order valence-electron chi connectivity index (χ3n) is 5.26. The number of benzene rings is 2. The zero-order valence-electron chi connectivity index (χ0n) is 18.8. The van der Waals surface area contributed by atoms with E-state index in [0.717, 1.165) is 23.6 Å². The van der Waals surface area contributed by atoms with Gasteiger partial charge in [-0.05, 0) is 62.6 Å². The summed E-state index contributed by atoms with van der Waals surface area (Å²) in [6.45, 7) is 1.46. The molecule has 4 rings (SSSR count). The van der Waals surface area contributed by atoms with E-state index in [-0.39, 0.29) is 11.6 Å². The number of amides is 1. The molecule has 0 aliphatic rings. The van der Waals surface area contributed by atoms with Gasteiger partial charge >= 0.3 is 0 Å². The quantitative estimate of drug-likeness (QED) is 0.437. The van der Waals surface area contributed by atoms with Crippen LogP contribution in [0.3, 0.4) is 0 Å². The van der Waals surface area contributed by atoms with Crippen molar-refractivity contribution in [3.8, 4) is 23.1 Å². The van der Waals surface area contributed by atoms with Crippen LogP contribution in [0.25, 0.3) is 16.9 Å². The van der Waals surface area contributed by atoms with Crippen LogP contribution in [0.1, 0.15) is 16.1 Å². The number of hydrogen-bond acceptors (Lipinski definition) is 6. The first-order valence-electron chi connectivity index (χ1n) is 10.5. The van der Waals surface area contributed by atoms with Crippen molar-refractivity contribution in [1.82, 2.24) is 19.3 Å². The highest BCUT2D eigenvalue weighted by atomic mass is 16.5. The van der Waals surface area contributed by atoms with Crippen molar-refractivity contribution in [2.45, 2.75) is 0 Å². The van der Waals surface area contributed by atoms with Gasteiger partial charge in [-0.15, -0.1) is 0 Å². The molecular weight excluding hydrogens is 416 g/mol. The molecule has 0 fully saturated rings. The van der Waals surface area contributed by atoms with Gasteiger partial charge in [0.15, 0.2) is 5.65 Å². The van der Waals surface area contributed by atoms with Gasteiger partial charge in [-0.2, -0.15) is 5.26 Å². The van der Waals surface area contributed by atoms with Crippen LogP contribution in [0, 0.1) is 11.3 Å². The SMILES string of the molecule is CN(C)CCOc1ccc(-c2cnc3cnc(C(=O)N(C)c4ccc(C#N)cc4)cn23)cc1. The summed E-state index contributed by atoms with van der Waals surface area (Å²) in [6, 6.07) is 16.7. The molecule has 0 saturated carbocycles. The first kappa shape index (κ1) is 22.0. The van der Waals surface area contributed by atoms with Gasteiger partial charge in [0.1, 0.15) is 18.1 Å². The van der Waals surface area contributed by atoms with Crippen molar-refractivity contribution in [2.75, 3.05) is 39.2 Å². The monoisotopic (exact) mass is 440 g/mol. The number of carbonyl (C=O) groups is 1. The predicted molar refractivity (Wildman–Crippen MR) is 126 cm³/mol. The lowest BCUT2D eigenvalue weighted by atomic mass is 10.1. The molecule has 33 heavy (non-hydrogen) atoms. The number of aromatic nitrogens is 3. The van der Waals surface area contributed by atoms with Crippen LogP contribution < -0.4 is 9.64 Å². The first-order valence-corrected chi connectivity index (χ1v) is 10.5. The molecule has 0 unspecified atom stereocenters. The summed E-state index contributed by atoms with van der Waals surface area (Å²) < 4.78 is 7.62. The largest absolute Gasteiger partial charge is 0.492 e. The second kappa shape index (κ2) is 9.51. The maximum absolute atomic E-state index is 13.1. The zero-order chi connectivity index (χ0) is 23.4. The molecule has 8 heteroatoms. The summed E-state index contributed by atoms with van der Waals surface area (Å²) in [7, 11) is 5.69. The lowest BCUT2D eigenvalue weighted by Gasteiger charge is -2.17. The topological polar surface area (TPSA) is 86.8 Å². The maximum atomic E-state index is 13.1. The molecule has 0 aliphatic heterocycles. The van der Waals surface area contributed by atoms with E-state index in [1.165, 1.54) is 4.90 Å². The molecule has 0 bridgehead atoms. The van der Waals surface area contributed by atoms with Crippen LogP contribution in [0.5, 0.6) is 5.75 Å². The molecule has 0 atom stereocenters. The molecule has 0 saturated heterocycles. The highest BCUT2D eigenvalue weighted by Gasteiger charge is 2.17. The van der Waals surface area contributed by atoms with Gasteiger partial charge in [-0.25, -0.2) is 9.97 Å². The average molecular weight is 441 g/mol. The van der Waals surface area contributed by atoms with E-state index in [1.54, 1.807) is 49.9 Å². The number of hydrogen-bond donors (Lipinski definition) is 0. The van der Waals surface area contributed by atoms with E-state index in [1.807, 2.05) is 42.8 Å². The van der Waals surface area contributed by atoms with Crippen molar-refractivity contribution >= 4 is 17.2 Å². The Hall–Kier alpha value is -4.22. The number of fused-ring (bicyclic) bond motifs is 1. The lowest BCUT2D eigenvalue weighted by molar-refractivity contribution is 0.0988. The summed E-state index contributed by atoms with van der Waals surface area (Å²) >= 11 is 0. The fourth-order valence-corrected chi connectivity index (χ4v) is 3.33. The Bertz CT molecular complexity index is 1300. The van der Waals surface area contributed by atoms with E-state index in [0.29, 0.717) is 23.5 Å². The lowest BCUT2D eigenvalue weighted by Crippen LogP contribution is -2.27. The van der Waals surface area contributed by atoms with Crippen LogP contribution >= 0.6 is 0 Å². The molecule has 4 aromatic rings. The van der Waals surface area contributed by atoms with Crippen molar-refractivity contribution in [3.05, 3.63) is 78.4 Å². The summed E-state index contributed by atoms with van der Waals surface area (Å²) in [6.07, 6.45) is 5.04. The molecule has 2 aromatic heterocycles. The van der Waals surface area contributed by atoms with Gasteiger partial charge in [0.05, 0.1) is 29.7 Å². The van der Waals surface area contributed by atoms with Gasteiger partial charge < -0.3 is 14.5 Å². The fourth-order valence-electron chi connectivity index (χ4n) is 3.33. The van der Waals surface area contributed by atoms with Crippen molar-refractivity contribution < 1.29 is 9.53 Å². The molecule has 0 spiro atoms. The van der Waals surface area contributed by atoms with Crippen molar-refractivity contribution in [1.29, 1.82) is 5.26 Å². The van der Waals surface area contributed by atoms with E-state index in [2.05, 4.69) is 20.9 Å². The van der Waals surface area contributed by atoms with Crippen molar-refractivity contribution in [3.63, 3.8) is 0 Å². The minimum Gasteiger partial charge on any atom is -0.492 e. The Kier molecular flexibility index (Phi) is 6.33. The molecule has 166 valence electrons. The second-order valence-corrected chi connectivity index (χ2v) is 7.84. The molecule has 0 radical (unpaired) electrons.